The van der Waals surface area contributed by atoms with Crippen molar-refractivity contribution >= 4 is 0 Å². The molecule has 0 saturated carbocycles. The molecule has 2 aromatic carbocycles. The van der Waals surface area contributed by atoms with E-state index in [1.165, 1.54) is 6.07 Å². The quantitative estimate of drug-likeness (QED) is 0.534. The summed E-state index contributed by atoms with van der Waals surface area (Å²) in [5.41, 5.74) is 2.41. The monoisotopic (exact) mass is 275 g/mol. The lowest BCUT2D eigenvalue weighted by Gasteiger charge is -2.09. The van der Waals surface area contributed by atoms with Crippen LogP contribution in [0.3, 0.4) is 0 Å². The summed E-state index contributed by atoms with van der Waals surface area (Å²) >= 11 is 0. The number of aromatic hydroxyl groups is 3. The third-order valence-corrected chi connectivity index (χ3v) is 3.06. The van der Waals surface area contributed by atoms with Crippen LogP contribution in [0, 0.1) is 0 Å². The summed E-state index contributed by atoms with van der Waals surface area (Å²) in [6, 6.07) is 10.4. The molecule has 0 heterocycles. The molecule has 0 aliphatic heterocycles. The molecule has 0 fully saturated rings. The predicted octanol–water partition coefficient (Wildman–Crippen LogP) is 1.59. The second-order valence-corrected chi connectivity index (χ2v) is 4.52. The second kappa shape index (κ2) is 6.27. The van der Waals surface area contributed by atoms with E-state index in [1.54, 1.807) is 6.07 Å². The van der Waals surface area contributed by atoms with Crippen molar-refractivity contribution in [3.8, 4) is 17.2 Å². The van der Waals surface area contributed by atoms with Gasteiger partial charge >= 0.3 is 0 Å². The van der Waals surface area contributed by atoms with E-state index in [9.17, 15) is 15.3 Å². The number of aliphatic hydroxyl groups excluding tert-OH is 1. The molecule has 5 nitrogen and oxygen atoms in total. The van der Waals surface area contributed by atoms with Crippen LogP contribution in [0.4, 0.5) is 0 Å². The molecular formula is C15H17NO4. The van der Waals surface area contributed by atoms with Gasteiger partial charge in [-0.3, -0.25) is 0 Å². The van der Waals surface area contributed by atoms with E-state index in [4.69, 9.17) is 5.11 Å². The van der Waals surface area contributed by atoms with Gasteiger partial charge in [0.15, 0.2) is 11.5 Å². The smallest absolute Gasteiger partial charge is 0.200 e. The number of aliphatic hydroxyl groups is 1. The molecule has 0 spiro atoms. The average molecular weight is 275 g/mol. The first-order valence-electron chi connectivity index (χ1n) is 6.24. The normalized spacial score (nSPS) is 10.7. The highest BCUT2D eigenvalue weighted by atomic mass is 16.3. The lowest BCUT2D eigenvalue weighted by Crippen LogP contribution is -2.12. The van der Waals surface area contributed by atoms with Crippen LogP contribution in [-0.4, -0.2) is 20.4 Å². The van der Waals surface area contributed by atoms with Crippen molar-refractivity contribution < 1.29 is 20.4 Å². The van der Waals surface area contributed by atoms with Crippen LogP contribution in [-0.2, 0) is 19.7 Å². The summed E-state index contributed by atoms with van der Waals surface area (Å²) in [6.07, 6.45) is 0. The summed E-state index contributed by atoms with van der Waals surface area (Å²) in [7, 11) is 0. The average Bonchev–Trinajstić information content (AvgIpc) is 2.48. The van der Waals surface area contributed by atoms with Crippen LogP contribution < -0.4 is 5.32 Å². The molecule has 0 bridgehead atoms. The van der Waals surface area contributed by atoms with E-state index in [1.807, 2.05) is 24.3 Å². The fourth-order valence-corrected chi connectivity index (χ4v) is 1.86. The van der Waals surface area contributed by atoms with Gasteiger partial charge in [0.1, 0.15) is 0 Å². The Morgan fingerprint density at radius 2 is 1.40 bits per heavy atom. The Bertz CT molecular complexity index is 581. The van der Waals surface area contributed by atoms with Crippen molar-refractivity contribution in [3.05, 3.63) is 53.1 Å². The number of benzene rings is 2. The Morgan fingerprint density at radius 3 is 2.05 bits per heavy atom. The molecule has 0 saturated heterocycles. The Kier molecular flexibility index (Phi) is 4.45. The first kappa shape index (κ1) is 14.2. The minimum atomic E-state index is -0.503. The first-order chi connectivity index (χ1) is 9.61. The lowest BCUT2D eigenvalue weighted by atomic mass is 10.1. The topological polar surface area (TPSA) is 93.0 Å². The molecule has 106 valence electrons. The van der Waals surface area contributed by atoms with E-state index in [0.717, 1.165) is 11.1 Å². The van der Waals surface area contributed by atoms with Crippen molar-refractivity contribution in [2.45, 2.75) is 19.7 Å². The van der Waals surface area contributed by atoms with Gasteiger partial charge < -0.3 is 25.7 Å². The maximum Gasteiger partial charge on any atom is 0.200 e. The van der Waals surface area contributed by atoms with Crippen molar-refractivity contribution in [2.75, 3.05) is 0 Å². The van der Waals surface area contributed by atoms with Crippen LogP contribution in [0.1, 0.15) is 16.7 Å². The number of nitrogens with one attached hydrogen (secondary N) is 1. The SMILES string of the molecule is OCc1ccc(CNCc2ccc(O)c(O)c2O)cc1. The summed E-state index contributed by atoms with van der Waals surface area (Å²) in [5.74, 6) is -1.16. The van der Waals surface area contributed by atoms with Gasteiger partial charge in [0.05, 0.1) is 6.61 Å². The molecule has 5 heteroatoms. The number of hydrogen-bond donors (Lipinski definition) is 5. The van der Waals surface area contributed by atoms with Gasteiger partial charge in [0.25, 0.3) is 0 Å². The van der Waals surface area contributed by atoms with E-state index >= 15 is 0 Å². The summed E-state index contributed by atoms with van der Waals surface area (Å²) < 4.78 is 0. The van der Waals surface area contributed by atoms with Crippen molar-refractivity contribution in [2.24, 2.45) is 0 Å². The predicted molar refractivity (Wildman–Crippen MR) is 74.3 cm³/mol. The molecule has 0 atom stereocenters. The molecule has 2 rings (SSSR count). The van der Waals surface area contributed by atoms with Crippen molar-refractivity contribution in [1.82, 2.24) is 5.32 Å². The Hall–Kier alpha value is -2.24. The zero-order valence-electron chi connectivity index (χ0n) is 10.9. The van der Waals surface area contributed by atoms with Gasteiger partial charge in [-0.05, 0) is 17.2 Å². The van der Waals surface area contributed by atoms with E-state index in [0.29, 0.717) is 18.7 Å². The molecular weight excluding hydrogens is 258 g/mol. The Morgan fingerprint density at radius 1 is 0.750 bits per heavy atom. The van der Waals surface area contributed by atoms with Crippen molar-refractivity contribution in [3.63, 3.8) is 0 Å². The zero-order chi connectivity index (χ0) is 14.5. The third kappa shape index (κ3) is 3.20. The molecule has 20 heavy (non-hydrogen) atoms. The standard InChI is InChI=1S/C15H17NO4/c17-9-11-3-1-10(2-4-11)7-16-8-12-5-6-13(18)15(20)14(12)19/h1-6,16-20H,7-9H2. The molecule has 0 unspecified atom stereocenters. The van der Waals surface area contributed by atoms with Gasteiger partial charge in [0, 0.05) is 18.7 Å². The molecule has 0 aliphatic carbocycles. The number of phenols is 3. The van der Waals surface area contributed by atoms with E-state index < -0.39 is 5.75 Å². The Balaban J connectivity index is 1.94. The van der Waals surface area contributed by atoms with Crippen LogP contribution >= 0.6 is 0 Å². The summed E-state index contributed by atoms with van der Waals surface area (Å²) in [4.78, 5) is 0. The van der Waals surface area contributed by atoms with Crippen LogP contribution in [0.5, 0.6) is 17.2 Å². The highest BCUT2D eigenvalue weighted by Gasteiger charge is 2.10. The number of phenolic OH excluding ortho intramolecular Hbond substituents is 3. The molecule has 2 aromatic rings. The summed E-state index contributed by atoms with van der Waals surface area (Å²) in [6.45, 7) is 0.975. The maximum absolute atomic E-state index is 9.67. The highest BCUT2D eigenvalue weighted by Crippen LogP contribution is 2.36. The highest BCUT2D eigenvalue weighted by molar-refractivity contribution is 5.53. The van der Waals surface area contributed by atoms with Gasteiger partial charge in [0.2, 0.25) is 5.75 Å². The van der Waals surface area contributed by atoms with Gasteiger partial charge in [-0.2, -0.15) is 0 Å². The lowest BCUT2D eigenvalue weighted by molar-refractivity contribution is 0.282. The molecule has 0 aromatic heterocycles. The first-order valence-corrected chi connectivity index (χ1v) is 6.24. The fraction of sp³-hybridized carbons (Fsp3) is 0.200. The third-order valence-electron chi connectivity index (χ3n) is 3.06. The largest absolute Gasteiger partial charge is 0.504 e. The van der Waals surface area contributed by atoms with Crippen LogP contribution in [0.15, 0.2) is 36.4 Å². The molecule has 0 radical (unpaired) electrons. The second-order valence-electron chi connectivity index (χ2n) is 4.52. The summed E-state index contributed by atoms with van der Waals surface area (Å²) in [5, 5.41) is 40.4. The molecule has 0 aliphatic rings. The van der Waals surface area contributed by atoms with Crippen LogP contribution in [0.2, 0.25) is 0 Å². The number of rotatable bonds is 5. The van der Waals surface area contributed by atoms with E-state index in [2.05, 4.69) is 5.32 Å². The molecule has 5 N–H and O–H groups in total. The zero-order valence-corrected chi connectivity index (χ0v) is 10.9. The maximum atomic E-state index is 9.67. The minimum Gasteiger partial charge on any atom is -0.504 e. The van der Waals surface area contributed by atoms with Gasteiger partial charge in [-0.15, -0.1) is 0 Å². The van der Waals surface area contributed by atoms with Crippen LogP contribution in [0.25, 0.3) is 0 Å². The van der Waals surface area contributed by atoms with Gasteiger partial charge in [-0.25, -0.2) is 0 Å². The fourth-order valence-electron chi connectivity index (χ4n) is 1.86. The van der Waals surface area contributed by atoms with Crippen molar-refractivity contribution in [1.29, 1.82) is 0 Å². The molecule has 0 amide bonds. The van der Waals surface area contributed by atoms with E-state index in [-0.39, 0.29) is 18.1 Å². The van der Waals surface area contributed by atoms with Gasteiger partial charge in [-0.1, -0.05) is 30.3 Å². The Labute approximate surface area is 116 Å². The minimum absolute atomic E-state index is 0.0222. The number of hydrogen-bond acceptors (Lipinski definition) is 5.